The van der Waals surface area contributed by atoms with Crippen molar-refractivity contribution in [3.63, 3.8) is 0 Å². The number of thiophene rings is 1. The predicted octanol–water partition coefficient (Wildman–Crippen LogP) is 5.77. The van der Waals surface area contributed by atoms with Crippen molar-refractivity contribution in [2.75, 3.05) is 6.54 Å². The van der Waals surface area contributed by atoms with Crippen LogP contribution in [-0.4, -0.2) is 6.54 Å². The number of benzene rings is 1. The molecule has 0 spiro atoms. The highest BCUT2D eigenvalue weighted by Crippen LogP contribution is 2.44. The average Bonchev–Trinajstić information content (AvgIpc) is 3.20. The van der Waals surface area contributed by atoms with Gasteiger partial charge in [-0.2, -0.15) is 0 Å². The Balaban J connectivity index is 1.82. The van der Waals surface area contributed by atoms with E-state index in [1.165, 1.54) is 28.7 Å². The van der Waals surface area contributed by atoms with Crippen LogP contribution in [0.5, 0.6) is 0 Å². The molecule has 1 N–H and O–H groups in total. The van der Waals surface area contributed by atoms with Gasteiger partial charge in [0.1, 0.15) is 5.82 Å². The van der Waals surface area contributed by atoms with Crippen molar-refractivity contribution in [3.8, 4) is 10.4 Å². The molecule has 2 aromatic rings. The second-order valence-corrected chi connectivity index (χ2v) is 7.57. The largest absolute Gasteiger partial charge is 0.309 e. The fourth-order valence-electron chi connectivity index (χ4n) is 2.55. The molecule has 0 bridgehead atoms. The maximum absolute atomic E-state index is 13.3. The summed E-state index contributed by atoms with van der Waals surface area (Å²) in [6.07, 6.45) is 3.82. The third kappa shape index (κ3) is 3.55. The summed E-state index contributed by atoms with van der Waals surface area (Å²) in [5.41, 5.74) is 1.07. The first-order valence-corrected chi connectivity index (χ1v) is 9.08. The summed E-state index contributed by atoms with van der Waals surface area (Å²) in [4.78, 5) is 2.61. The fourth-order valence-corrected chi connectivity index (χ4v) is 4.11. The van der Waals surface area contributed by atoms with Crippen molar-refractivity contribution in [1.82, 2.24) is 5.32 Å². The van der Waals surface area contributed by atoms with Gasteiger partial charge < -0.3 is 5.32 Å². The van der Waals surface area contributed by atoms with Gasteiger partial charge in [-0.15, -0.1) is 11.3 Å². The van der Waals surface area contributed by atoms with Crippen LogP contribution in [0, 0.1) is 11.7 Å². The third-order valence-corrected chi connectivity index (χ3v) is 5.67. The molecule has 3 rings (SSSR count). The lowest BCUT2D eigenvalue weighted by molar-refractivity contribution is 0.488. The maximum atomic E-state index is 13.3. The highest BCUT2D eigenvalue weighted by Gasteiger charge is 2.32. The molecule has 0 saturated heterocycles. The summed E-state index contributed by atoms with van der Waals surface area (Å²) >= 11 is 5.09. The maximum Gasteiger partial charge on any atom is 0.137 e. The minimum Gasteiger partial charge on any atom is -0.309 e. The zero-order valence-electron chi connectivity index (χ0n) is 12.0. The molecule has 1 aliphatic carbocycles. The summed E-state index contributed by atoms with van der Waals surface area (Å²) in [6.45, 7) is 3.27. The van der Waals surface area contributed by atoms with Gasteiger partial charge in [-0.3, -0.25) is 0 Å². The van der Waals surface area contributed by atoms with Crippen molar-refractivity contribution >= 4 is 27.3 Å². The third-order valence-electron chi connectivity index (χ3n) is 3.85. The van der Waals surface area contributed by atoms with Crippen LogP contribution in [-0.2, 0) is 0 Å². The first-order chi connectivity index (χ1) is 10.2. The SMILES string of the molecule is CCCNC(c1ccc(-c2ccc(F)c(Br)c2)s1)C1CC1. The van der Waals surface area contributed by atoms with Crippen LogP contribution in [0.4, 0.5) is 4.39 Å². The van der Waals surface area contributed by atoms with Gasteiger partial charge in [0.05, 0.1) is 4.47 Å². The van der Waals surface area contributed by atoms with Gasteiger partial charge in [0.25, 0.3) is 0 Å². The molecule has 1 heterocycles. The fraction of sp³-hybridized carbons (Fsp3) is 0.412. The monoisotopic (exact) mass is 367 g/mol. The Hall–Kier alpha value is -0.710. The van der Waals surface area contributed by atoms with Gasteiger partial charge in [-0.05, 0) is 77.5 Å². The first kappa shape index (κ1) is 15.2. The number of hydrogen-bond acceptors (Lipinski definition) is 2. The molecule has 1 unspecified atom stereocenters. The Kier molecular flexibility index (Phi) is 4.77. The minimum atomic E-state index is -0.212. The summed E-state index contributed by atoms with van der Waals surface area (Å²) in [5, 5.41) is 3.67. The Morgan fingerprint density at radius 3 is 2.81 bits per heavy atom. The molecule has 1 aromatic heterocycles. The molecule has 4 heteroatoms. The first-order valence-electron chi connectivity index (χ1n) is 7.47. The molecule has 1 nitrogen and oxygen atoms in total. The Bertz CT molecular complexity index is 621. The van der Waals surface area contributed by atoms with E-state index in [-0.39, 0.29) is 5.82 Å². The molecule has 0 radical (unpaired) electrons. The second-order valence-electron chi connectivity index (χ2n) is 5.60. The van der Waals surface area contributed by atoms with Gasteiger partial charge in [0, 0.05) is 15.8 Å². The predicted molar refractivity (Wildman–Crippen MR) is 91.2 cm³/mol. The van der Waals surface area contributed by atoms with E-state index in [0.717, 1.165) is 24.4 Å². The van der Waals surface area contributed by atoms with E-state index in [1.807, 2.05) is 23.5 Å². The van der Waals surface area contributed by atoms with Crippen molar-refractivity contribution in [2.24, 2.45) is 5.92 Å². The van der Waals surface area contributed by atoms with E-state index in [1.54, 1.807) is 0 Å². The van der Waals surface area contributed by atoms with E-state index in [0.29, 0.717) is 10.5 Å². The molecule has 1 aliphatic rings. The van der Waals surface area contributed by atoms with Gasteiger partial charge in [0.15, 0.2) is 0 Å². The van der Waals surface area contributed by atoms with Crippen LogP contribution >= 0.6 is 27.3 Å². The zero-order valence-corrected chi connectivity index (χ0v) is 14.4. The Morgan fingerprint density at radius 1 is 1.33 bits per heavy atom. The van der Waals surface area contributed by atoms with Gasteiger partial charge in [-0.1, -0.05) is 13.0 Å². The molecular formula is C17H19BrFNS. The van der Waals surface area contributed by atoms with Crippen molar-refractivity contribution in [3.05, 3.63) is 45.5 Å². The summed E-state index contributed by atoms with van der Waals surface area (Å²) in [6, 6.07) is 10.1. The van der Waals surface area contributed by atoms with Crippen LogP contribution in [0.2, 0.25) is 0 Å². The number of halogens is 2. The van der Waals surface area contributed by atoms with Crippen molar-refractivity contribution in [2.45, 2.75) is 32.2 Å². The van der Waals surface area contributed by atoms with Gasteiger partial charge in [-0.25, -0.2) is 4.39 Å². The number of nitrogens with one attached hydrogen (secondary N) is 1. The molecule has 1 fully saturated rings. The normalized spacial score (nSPS) is 16.1. The highest BCUT2D eigenvalue weighted by atomic mass is 79.9. The lowest BCUT2D eigenvalue weighted by atomic mass is 10.1. The summed E-state index contributed by atoms with van der Waals surface area (Å²) in [7, 11) is 0. The molecule has 0 aliphatic heterocycles. The molecule has 1 atom stereocenters. The van der Waals surface area contributed by atoms with E-state index < -0.39 is 0 Å². The lowest BCUT2D eigenvalue weighted by Gasteiger charge is -2.16. The average molecular weight is 368 g/mol. The van der Waals surface area contributed by atoms with Crippen LogP contribution in [0.3, 0.4) is 0 Å². The summed E-state index contributed by atoms with van der Waals surface area (Å²) in [5.74, 6) is 0.582. The van der Waals surface area contributed by atoms with Gasteiger partial charge >= 0.3 is 0 Å². The van der Waals surface area contributed by atoms with Crippen molar-refractivity contribution < 1.29 is 4.39 Å². The second kappa shape index (κ2) is 6.59. The van der Waals surface area contributed by atoms with E-state index in [2.05, 4.69) is 40.3 Å². The van der Waals surface area contributed by atoms with Gasteiger partial charge in [0.2, 0.25) is 0 Å². The van der Waals surface area contributed by atoms with Crippen molar-refractivity contribution in [1.29, 1.82) is 0 Å². The van der Waals surface area contributed by atoms with E-state index in [4.69, 9.17) is 0 Å². The molecule has 1 aromatic carbocycles. The molecule has 1 saturated carbocycles. The number of hydrogen-bond donors (Lipinski definition) is 1. The minimum absolute atomic E-state index is 0.212. The van der Waals surface area contributed by atoms with E-state index in [9.17, 15) is 4.39 Å². The molecule has 0 amide bonds. The topological polar surface area (TPSA) is 12.0 Å². The van der Waals surface area contributed by atoms with Crippen LogP contribution in [0.25, 0.3) is 10.4 Å². The lowest BCUT2D eigenvalue weighted by Crippen LogP contribution is -2.22. The Labute approximate surface area is 137 Å². The van der Waals surface area contributed by atoms with Crippen LogP contribution in [0.1, 0.15) is 37.1 Å². The zero-order chi connectivity index (χ0) is 14.8. The highest BCUT2D eigenvalue weighted by molar-refractivity contribution is 9.10. The van der Waals surface area contributed by atoms with E-state index >= 15 is 0 Å². The molecule has 21 heavy (non-hydrogen) atoms. The number of rotatable bonds is 6. The quantitative estimate of drug-likeness (QED) is 0.683. The van der Waals surface area contributed by atoms with Crippen LogP contribution < -0.4 is 5.32 Å². The molecule has 112 valence electrons. The van der Waals surface area contributed by atoms with Crippen LogP contribution in [0.15, 0.2) is 34.8 Å². The smallest absolute Gasteiger partial charge is 0.137 e. The Morgan fingerprint density at radius 2 is 2.14 bits per heavy atom. The molecular weight excluding hydrogens is 349 g/mol. The standard InChI is InChI=1S/C17H19BrFNS/c1-2-9-20-17(11-3-4-11)16-8-7-15(21-16)12-5-6-14(19)13(18)10-12/h5-8,10-11,17,20H,2-4,9H2,1H3. The summed E-state index contributed by atoms with van der Waals surface area (Å²) < 4.78 is 13.9.